The second-order valence-corrected chi connectivity index (χ2v) is 5.67. The molecule has 3 rings (SSSR count). The van der Waals surface area contributed by atoms with Gasteiger partial charge in [-0.05, 0) is 37.6 Å². The minimum Gasteiger partial charge on any atom is -0.484 e. The lowest BCUT2D eigenvalue weighted by Gasteiger charge is -2.05. The number of pyridine rings is 1. The Morgan fingerprint density at radius 3 is 3.12 bits per heavy atom. The summed E-state index contributed by atoms with van der Waals surface area (Å²) >= 11 is 0. The standard InChI is InChI=1S/C18H19N3O4/c1-12(22)6-8-20-18(23)16-10-25-17(21-16)11-24-14-4-5-15-13(9-14)3-2-7-19-15/h2-5,7,9-10,12,22H,6,8,11H2,1H3,(H,20,23)/t12-/m1/s1. The number of benzene rings is 1. The van der Waals surface area contributed by atoms with Crippen LogP contribution in [0.4, 0.5) is 0 Å². The van der Waals surface area contributed by atoms with E-state index in [1.165, 1.54) is 6.26 Å². The quantitative estimate of drug-likeness (QED) is 0.684. The normalized spacial score (nSPS) is 12.1. The molecular weight excluding hydrogens is 322 g/mol. The van der Waals surface area contributed by atoms with Crippen LogP contribution in [0.5, 0.6) is 5.75 Å². The predicted molar refractivity (Wildman–Crippen MR) is 91.2 cm³/mol. The van der Waals surface area contributed by atoms with Crippen molar-refractivity contribution in [2.45, 2.75) is 26.1 Å². The molecule has 0 aliphatic rings. The van der Waals surface area contributed by atoms with Crippen molar-refractivity contribution in [1.29, 1.82) is 0 Å². The molecule has 1 amide bonds. The van der Waals surface area contributed by atoms with E-state index in [4.69, 9.17) is 9.15 Å². The summed E-state index contributed by atoms with van der Waals surface area (Å²) in [6, 6.07) is 9.40. The molecule has 0 saturated heterocycles. The van der Waals surface area contributed by atoms with Crippen molar-refractivity contribution >= 4 is 16.8 Å². The van der Waals surface area contributed by atoms with Crippen molar-refractivity contribution in [3.8, 4) is 5.75 Å². The van der Waals surface area contributed by atoms with E-state index in [1.807, 2.05) is 30.3 Å². The number of nitrogens with zero attached hydrogens (tertiary/aromatic N) is 2. The van der Waals surface area contributed by atoms with Crippen LogP contribution in [0.25, 0.3) is 10.9 Å². The first-order valence-corrected chi connectivity index (χ1v) is 8.00. The molecule has 2 N–H and O–H groups in total. The van der Waals surface area contributed by atoms with E-state index < -0.39 is 6.10 Å². The number of oxazole rings is 1. The fourth-order valence-corrected chi connectivity index (χ4v) is 2.26. The molecule has 0 bridgehead atoms. The lowest BCUT2D eigenvalue weighted by Crippen LogP contribution is -2.26. The maximum absolute atomic E-state index is 11.9. The Labute approximate surface area is 144 Å². The van der Waals surface area contributed by atoms with E-state index in [0.29, 0.717) is 24.6 Å². The van der Waals surface area contributed by atoms with Gasteiger partial charge in [-0.3, -0.25) is 9.78 Å². The van der Waals surface area contributed by atoms with Gasteiger partial charge in [-0.2, -0.15) is 0 Å². The second kappa shape index (κ2) is 7.76. The highest BCUT2D eigenvalue weighted by Gasteiger charge is 2.12. The summed E-state index contributed by atoms with van der Waals surface area (Å²) in [6.07, 6.45) is 3.05. The first-order valence-electron chi connectivity index (χ1n) is 8.00. The number of nitrogens with one attached hydrogen (secondary N) is 1. The average Bonchev–Trinajstić information content (AvgIpc) is 3.08. The molecule has 3 aromatic rings. The highest BCUT2D eigenvalue weighted by atomic mass is 16.5. The maximum atomic E-state index is 11.9. The second-order valence-electron chi connectivity index (χ2n) is 5.67. The van der Waals surface area contributed by atoms with Crippen molar-refractivity contribution in [3.63, 3.8) is 0 Å². The number of carbonyl (C=O) groups is 1. The third-order valence-electron chi connectivity index (χ3n) is 3.57. The van der Waals surface area contributed by atoms with Gasteiger partial charge in [0.25, 0.3) is 5.91 Å². The third kappa shape index (κ3) is 4.54. The van der Waals surface area contributed by atoms with E-state index >= 15 is 0 Å². The fourth-order valence-electron chi connectivity index (χ4n) is 2.26. The van der Waals surface area contributed by atoms with E-state index in [2.05, 4.69) is 15.3 Å². The van der Waals surface area contributed by atoms with Crippen LogP contribution in [0, 0.1) is 0 Å². The van der Waals surface area contributed by atoms with Crippen molar-refractivity contribution in [2.75, 3.05) is 6.54 Å². The van der Waals surface area contributed by atoms with E-state index in [9.17, 15) is 9.90 Å². The van der Waals surface area contributed by atoms with Gasteiger partial charge < -0.3 is 19.6 Å². The molecule has 0 fully saturated rings. The van der Waals surface area contributed by atoms with Gasteiger partial charge >= 0.3 is 0 Å². The van der Waals surface area contributed by atoms with Crippen LogP contribution >= 0.6 is 0 Å². The Bertz CT molecular complexity index is 860. The van der Waals surface area contributed by atoms with Crippen LogP contribution in [0.2, 0.25) is 0 Å². The van der Waals surface area contributed by atoms with Crippen LogP contribution < -0.4 is 10.1 Å². The summed E-state index contributed by atoms with van der Waals surface area (Å²) < 4.78 is 10.9. The van der Waals surface area contributed by atoms with Gasteiger partial charge in [0, 0.05) is 18.1 Å². The van der Waals surface area contributed by atoms with Gasteiger partial charge in [0.05, 0.1) is 11.6 Å². The molecule has 0 spiro atoms. The lowest BCUT2D eigenvalue weighted by atomic mass is 10.2. The van der Waals surface area contributed by atoms with Gasteiger partial charge in [-0.25, -0.2) is 4.98 Å². The van der Waals surface area contributed by atoms with Crippen LogP contribution in [0.1, 0.15) is 29.7 Å². The average molecular weight is 341 g/mol. The summed E-state index contributed by atoms with van der Waals surface area (Å²) in [4.78, 5) is 20.3. The van der Waals surface area contributed by atoms with Crippen molar-refractivity contribution in [1.82, 2.24) is 15.3 Å². The molecular formula is C18H19N3O4. The highest BCUT2D eigenvalue weighted by Crippen LogP contribution is 2.19. The summed E-state index contributed by atoms with van der Waals surface area (Å²) in [5, 5.41) is 12.8. The zero-order valence-electron chi connectivity index (χ0n) is 13.8. The minimum absolute atomic E-state index is 0.118. The predicted octanol–water partition coefficient (Wildman–Crippen LogP) is 2.30. The molecule has 0 unspecified atom stereocenters. The summed E-state index contributed by atoms with van der Waals surface area (Å²) in [5.41, 5.74) is 1.08. The highest BCUT2D eigenvalue weighted by molar-refractivity contribution is 5.91. The number of hydrogen-bond donors (Lipinski definition) is 2. The Balaban J connectivity index is 1.56. The number of rotatable bonds is 7. The monoisotopic (exact) mass is 341 g/mol. The summed E-state index contributed by atoms with van der Waals surface area (Å²) in [7, 11) is 0. The first-order chi connectivity index (χ1) is 12.1. The van der Waals surface area contributed by atoms with Crippen LogP contribution in [0.15, 0.2) is 47.2 Å². The van der Waals surface area contributed by atoms with Gasteiger partial charge in [-0.15, -0.1) is 0 Å². The molecule has 2 heterocycles. The molecule has 1 aromatic carbocycles. The summed E-state index contributed by atoms with van der Waals surface area (Å²) in [5.74, 6) is 0.640. The van der Waals surface area contributed by atoms with E-state index in [1.54, 1.807) is 13.1 Å². The molecule has 7 nitrogen and oxygen atoms in total. The molecule has 1 atom stereocenters. The third-order valence-corrected chi connectivity index (χ3v) is 3.57. The number of carbonyl (C=O) groups excluding carboxylic acids is 1. The molecule has 7 heteroatoms. The molecule has 2 aromatic heterocycles. The number of fused-ring (bicyclic) bond motifs is 1. The van der Waals surface area contributed by atoms with Crippen LogP contribution in [-0.4, -0.2) is 33.6 Å². The Kier molecular flexibility index (Phi) is 5.25. The molecule has 0 aliphatic carbocycles. The molecule has 0 aliphatic heterocycles. The fraction of sp³-hybridized carbons (Fsp3) is 0.278. The molecule has 25 heavy (non-hydrogen) atoms. The van der Waals surface area contributed by atoms with Gasteiger partial charge in [-0.1, -0.05) is 6.07 Å². The number of aliphatic hydroxyl groups excluding tert-OH is 1. The van der Waals surface area contributed by atoms with Crippen molar-refractivity contribution < 1.29 is 19.1 Å². The number of hydrogen-bond acceptors (Lipinski definition) is 6. The Morgan fingerprint density at radius 2 is 2.28 bits per heavy atom. The van der Waals surface area contributed by atoms with Crippen molar-refractivity contribution in [3.05, 3.63) is 54.4 Å². The lowest BCUT2D eigenvalue weighted by molar-refractivity contribution is 0.0940. The van der Waals surface area contributed by atoms with E-state index in [0.717, 1.165) is 10.9 Å². The topological polar surface area (TPSA) is 97.5 Å². The Morgan fingerprint density at radius 1 is 1.40 bits per heavy atom. The minimum atomic E-state index is -0.460. The number of aliphatic hydroxyl groups is 1. The van der Waals surface area contributed by atoms with Gasteiger partial charge in [0.1, 0.15) is 12.0 Å². The Hall–Kier alpha value is -2.93. The SMILES string of the molecule is C[C@@H](O)CCNC(=O)c1coc(COc2ccc3ncccc3c2)n1. The number of aromatic nitrogens is 2. The van der Waals surface area contributed by atoms with Crippen molar-refractivity contribution in [2.24, 2.45) is 0 Å². The van der Waals surface area contributed by atoms with Crippen LogP contribution in [0.3, 0.4) is 0 Å². The number of ether oxygens (including phenoxy) is 1. The molecule has 130 valence electrons. The van der Waals surface area contributed by atoms with Crippen LogP contribution in [-0.2, 0) is 6.61 Å². The largest absolute Gasteiger partial charge is 0.484 e. The first kappa shape index (κ1) is 16.9. The van der Waals surface area contributed by atoms with E-state index in [-0.39, 0.29) is 18.2 Å². The smallest absolute Gasteiger partial charge is 0.273 e. The summed E-state index contributed by atoms with van der Waals surface area (Å²) in [6.45, 7) is 2.16. The molecule has 0 radical (unpaired) electrons. The maximum Gasteiger partial charge on any atom is 0.273 e. The van der Waals surface area contributed by atoms with Gasteiger partial charge in [0.2, 0.25) is 5.89 Å². The zero-order valence-corrected chi connectivity index (χ0v) is 13.8. The zero-order chi connectivity index (χ0) is 17.6. The molecule has 0 saturated carbocycles. The van der Waals surface area contributed by atoms with Gasteiger partial charge in [0.15, 0.2) is 12.3 Å². The number of amides is 1.